The van der Waals surface area contributed by atoms with Crippen LogP contribution in [0.15, 0.2) is 11.6 Å². The predicted octanol–water partition coefficient (Wildman–Crippen LogP) is 7.84. The van der Waals surface area contributed by atoms with E-state index in [1.54, 1.807) is 0 Å². The fourth-order valence-electron chi connectivity index (χ4n) is 1.72. The van der Waals surface area contributed by atoms with Crippen molar-refractivity contribution in [2.45, 2.75) is 61.2 Å². The van der Waals surface area contributed by atoms with Gasteiger partial charge in [-0.2, -0.15) is 0 Å². The molecular weight excluding hydrogens is 859 g/mol. The number of carbonyl (C=O) groups is 2. The van der Waals surface area contributed by atoms with Gasteiger partial charge in [0.15, 0.2) is 5.78 Å². The van der Waals surface area contributed by atoms with Crippen LogP contribution in [0.1, 0.15) is 59.8 Å². The van der Waals surface area contributed by atoms with Crippen molar-refractivity contribution >= 4 is 125 Å². The first-order valence-electron chi connectivity index (χ1n) is 7.42. The van der Waals surface area contributed by atoms with E-state index in [4.69, 9.17) is 0 Å². The maximum atomic E-state index is 10.6. The van der Waals surface area contributed by atoms with Crippen LogP contribution in [0.25, 0.3) is 0 Å². The van der Waals surface area contributed by atoms with E-state index in [-0.39, 0.29) is 0 Å². The second-order valence-electron chi connectivity index (χ2n) is 5.41. The van der Waals surface area contributed by atoms with E-state index >= 15 is 0 Å². The molecule has 2 aliphatic rings. The lowest BCUT2D eigenvalue weighted by Gasteiger charge is -1.96. The Morgan fingerprint density at radius 3 is 1.70 bits per heavy atom. The van der Waals surface area contributed by atoms with Crippen molar-refractivity contribution in [2.75, 3.05) is 0 Å². The number of halogens is 5. The number of alkyl halides is 5. The summed E-state index contributed by atoms with van der Waals surface area (Å²) in [5.41, 5.74) is 0.944. The smallest absolute Gasteiger partial charge is 0.158 e. The molecule has 1 unspecified atom stereocenters. The van der Waals surface area contributed by atoms with Crippen molar-refractivity contribution < 1.29 is 9.59 Å². The molecule has 0 amide bonds. The van der Waals surface area contributed by atoms with E-state index < -0.39 is 0 Å². The van der Waals surface area contributed by atoms with Gasteiger partial charge in [0.2, 0.25) is 0 Å². The minimum atomic E-state index is 0.319. The van der Waals surface area contributed by atoms with Gasteiger partial charge in [-0.25, -0.2) is 0 Å². The molecule has 2 rings (SSSR count). The third-order valence-corrected chi connectivity index (χ3v) is 2.87. The molecule has 2 aliphatic carbocycles. The minimum Gasteiger partial charge on any atom is -0.299 e. The number of ketones is 2. The second kappa shape index (κ2) is 15.8. The Labute approximate surface area is 209 Å². The maximum absolute atomic E-state index is 10.6. The highest BCUT2D eigenvalue weighted by Gasteiger charge is 2.18. The van der Waals surface area contributed by atoms with Gasteiger partial charge in [-0.3, -0.25) is 9.59 Å². The summed E-state index contributed by atoms with van der Waals surface area (Å²) in [4.78, 5) is 21.1. The number of rotatable bonds is 0. The second-order valence-corrected chi connectivity index (χ2v) is 24.2. The summed E-state index contributed by atoms with van der Waals surface area (Å²) in [7, 11) is 0. The molecule has 23 heavy (non-hydrogen) atoms. The first-order valence-corrected chi connectivity index (χ1v) is 13.1. The summed E-state index contributed by atoms with van der Waals surface area (Å²) < 4.78 is 1.18. The fraction of sp³-hybridized carbons (Fsp3) is 0.750. The van der Waals surface area contributed by atoms with Crippen LogP contribution in [-0.4, -0.2) is 12.9 Å². The quantitative estimate of drug-likeness (QED) is 0.184. The van der Waals surface area contributed by atoms with Gasteiger partial charge >= 0.3 is 0 Å². The van der Waals surface area contributed by atoms with Crippen molar-refractivity contribution in [3.63, 3.8) is 0 Å². The lowest BCUT2D eigenvalue weighted by molar-refractivity contribution is -0.120. The molecule has 1 atom stereocenters. The third kappa shape index (κ3) is 24.7. The Morgan fingerprint density at radius 2 is 1.61 bits per heavy atom. The van der Waals surface area contributed by atoms with E-state index in [1.165, 1.54) is 0 Å². The van der Waals surface area contributed by atoms with Gasteiger partial charge < -0.3 is 0 Å². The van der Waals surface area contributed by atoms with Crippen LogP contribution in [0.4, 0.5) is 0 Å². The lowest BCUT2D eigenvalue weighted by atomic mass is 10.1. The molecule has 0 radical (unpaired) electrons. The van der Waals surface area contributed by atoms with Crippen molar-refractivity contribution in [3.05, 3.63) is 11.6 Å². The highest BCUT2D eigenvalue weighted by Crippen LogP contribution is 2.33. The Hall–Kier alpha value is 2.73. The first kappa shape index (κ1) is 27.9. The Bertz CT molecular complexity index is 378. The Morgan fingerprint density at radius 1 is 1.17 bits per heavy atom. The number of hydrogen-bond donors (Lipinski definition) is 0. The largest absolute Gasteiger partial charge is 0.299 e. The molecule has 0 saturated heterocycles. The molecule has 0 heterocycles. The molecule has 1 saturated carbocycles. The van der Waals surface area contributed by atoms with E-state index in [0.29, 0.717) is 16.9 Å². The standard InChI is InChI=1S/C6H10O.C6H8O.C2H3I3.C2H4I2/c2*1-5-3-2-4-6(5)7;1-2(3,4)5;1-2(3)4/h5H,2-4H2,1H3;3H,2,4H2,1H3;1H3;2H,1H3. The maximum Gasteiger partial charge on any atom is 0.158 e. The van der Waals surface area contributed by atoms with Crippen molar-refractivity contribution in [1.29, 1.82) is 0 Å². The fourth-order valence-corrected chi connectivity index (χ4v) is 1.72. The molecule has 0 aromatic rings. The minimum absolute atomic E-state index is 0.319. The average molecular weight is 884 g/mol. The molecule has 0 spiro atoms. The molecule has 1 fully saturated rings. The van der Waals surface area contributed by atoms with Crippen LogP contribution in [-0.2, 0) is 9.59 Å². The van der Waals surface area contributed by atoms with Gasteiger partial charge in [-0.05, 0) is 45.6 Å². The van der Waals surface area contributed by atoms with E-state index in [9.17, 15) is 9.59 Å². The molecule has 0 aromatic heterocycles. The summed E-state index contributed by atoms with van der Waals surface area (Å²) in [6.07, 6.45) is 6.78. The normalized spacial score (nSPS) is 19.9. The Kier molecular flexibility index (Phi) is 19.1. The number of Topliss-reactive ketones (excluding diaryl/α,β-unsaturated/α-hetero) is 2. The zero-order chi connectivity index (χ0) is 18.6. The molecular formula is C16H25I5O2. The van der Waals surface area contributed by atoms with Gasteiger partial charge in [0.1, 0.15) is 5.22 Å². The topological polar surface area (TPSA) is 34.1 Å². The van der Waals surface area contributed by atoms with Gasteiger partial charge in [-0.15, -0.1) is 0 Å². The number of allylic oxidation sites excluding steroid dienone is 2. The van der Waals surface area contributed by atoms with Gasteiger partial charge in [0, 0.05) is 18.8 Å². The molecule has 7 heteroatoms. The van der Waals surface area contributed by atoms with E-state index in [0.717, 1.165) is 39.6 Å². The third-order valence-electron chi connectivity index (χ3n) is 2.87. The van der Waals surface area contributed by atoms with Crippen LogP contribution >= 0.6 is 113 Å². The summed E-state index contributed by atoms with van der Waals surface area (Å²) in [6, 6.07) is 0. The van der Waals surface area contributed by atoms with Gasteiger partial charge in [0.25, 0.3) is 0 Å². The molecule has 0 aliphatic heterocycles. The lowest BCUT2D eigenvalue weighted by Crippen LogP contribution is -1.98. The summed E-state index contributed by atoms with van der Waals surface area (Å²) >= 11 is 11.7. The summed E-state index contributed by atoms with van der Waals surface area (Å²) in [5.74, 6) is 1.15. The van der Waals surface area contributed by atoms with Crippen LogP contribution in [0.3, 0.4) is 0 Å². The monoisotopic (exact) mass is 884 g/mol. The summed E-state index contributed by atoms with van der Waals surface area (Å²) in [5, 5.41) is 0. The average Bonchev–Trinajstić information content (AvgIpc) is 2.88. The summed E-state index contributed by atoms with van der Waals surface area (Å²) in [6.45, 7) is 8.17. The van der Waals surface area contributed by atoms with E-state index in [2.05, 4.69) is 127 Å². The first-order chi connectivity index (χ1) is 10.3. The molecule has 0 bridgehead atoms. The Balaban J connectivity index is 0. The number of hydrogen-bond acceptors (Lipinski definition) is 2. The molecule has 0 aromatic carbocycles. The van der Waals surface area contributed by atoms with Crippen LogP contribution in [0.2, 0.25) is 0 Å². The van der Waals surface area contributed by atoms with Crippen LogP contribution < -0.4 is 0 Å². The van der Waals surface area contributed by atoms with Gasteiger partial charge in [-0.1, -0.05) is 126 Å². The SMILES string of the molecule is CC(I)(I)I.CC(I)I.CC1=CCCC1=O.CC1CCCC1=O. The molecule has 2 nitrogen and oxygen atoms in total. The molecule has 136 valence electrons. The van der Waals surface area contributed by atoms with E-state index in [1.807, 2.05) is 19.9 Å². The van der Waals surface area contributed by atoms with Crippen LogP contribution in [0.5, 0.6) is 0 Å². The predicted molar refractivity (Wildman–Crippen MR) is 144 cm³/mol. The van der Waals surface area contributed by atoms with Crippen molar-refractivity contribution in [2.24, 2.45) is 5.92 Å². The van der Waals surface area contributed by atoms with Crippen molar-refractivity contribution in [1.82, 2.24) is 0 Å². The number of carbonyl (C=O) groups excluding carboxylic acids is 2. The van der Waals surface area contributed by atoms with Gasteiger partial charge in [0.05, 0.1) is 1.93 Å². The van der Waals surface area contributed by atoms with Crippen LogP contribution in [0, 0.1) is 5.92 Å². The van der Waals surface area contributed by atoms with Crippen molar-refractivity contribution in [3.8, 4) is 0 Å². The zero-order valence-corrected chi connectivity index (χ0v) is 24.8. The molecule has 0 N–H and O–H groups in total. The highest BCUT2D eigenvalue weighted by molar-refractivity contribution is 14.3. The zero-order valence-electron chi connectivity index (χ0n) is 14.0. The highest BCUT2D eigenvalue weighted by atomic mass is 127.